The van der Waals surface area contributed by atoms with Crippen molar-refractivity contribution >= 4 is 7.82 Å². The van der Waals surface area contributed by atoms with Gasteiger partial charge in [-0.25, -0.2) is 0 Å². The van der Waals surface area contributed by atoms with E-state index in [1.807, 2.05) is 19.1 Å². The largest absolute Gasteiger partial charge is 3.00 e. The summed E-state index contributed by atoms with van der Waals surface area (Å²) in [5.41, 5.74) is 2.23. The van der Waals surface area contributed by atoms with Gasteiger partial charge in [-0.15, -0.1) is 0 Å². The Hall–Kier alpha value is 0.507. The van der Waals surface area contributed by atoms with E-state index in [4.69, 9.17) is 19.2 Å². The number of phosphoric acid groups is 1. The van der Waals surface area contributed by atoms with Gasteiger partial charge in [-0.2, -0.15) is 7.82 Å². The molecule has 0 fully saturated rings. The van der Waals surface area contributed by atoms with Gasteiger partial charge in [0.2, 0.25) is 0 Å². The second kappa shape index (κ2) is 7.94. The van der Waals surface area contributed by atoms with Gasteiger partial charge in [0.15, 0.2) is 0 Å². The quantitative estimate of drug-likeness (QED) is 0.626. The molecule has 0 heterocycles. The Morgan fingerprint density at radius 3 is 1.83 bits per heavy atom. The minimum atomic E-state index is -5.39. The zero-order chi connectivity index (χ0) is 13.9. The molecule has 0 aliphatic heterocycles. The van der Waals surface area contributed by atoms with Crippen LogP contribution in [0.5, 0.6) is 5.75 Å². The monoisotopic (exact) mass is 399 g/mol. The molecule has 0 saturated carbocycles. The van der Waals surface area contributed by atoms with Crippen molar-refractivity contribution in [3.63, 3.8) is 0 Å². The fourth-order valence-corrected chi connectivity index (χ4v) is 1.25. The molecule has 0 aromatic heterocycles. The Labute approximate surface area is 141 Å². The van der Waals surface area contributed by atoms with Gasteiger partial charge >= 0.3 is 41.7 Å². The molecule has 1 radical (unpaired) electrons. The summed E-state index contributed by atoms with van der Waals surface area (Å²) in [6.45, 7) is 8.33. The topological polar surface area (TPSA) is 106 Å². The first-order valence-corrected chi connectivity index (χ1v) is 6.40. The molecule has 5 nitrogen and oxygen atoms in total. The number of phenolic OH excluding ortho intramolecular Hbond substituents is 1. The summed E-state index contributed by atoms with van der Waals surface area (Å²) >= 11 is 0. The first kappa shape index (κ1) is 20.8. The van der Waals surface area contributed by atoms with Gasteiger partial charge in [0.1, 0.15) is 5.75 Å². The molecule has 0 aliphatic rings. The second-order valence-electron chi connectivity index (χ2n) is 4.72. The summed E-state index contributed by atoms with van der Waals surface area (Å²) in [6.07, 6.45) is 0. The molecule has 1 rings (SSSR count). The van der Waals surface area contributed by atoms with Crippen LogP contribution in [0.2, 0.25) is 0 Å². The minimum Gasteiger partial charge on any atom is -0.822 e. The fraction of sp³-hybridized carbons (Fsp3) is 0.455. The number of hydrogen-bond acceptors (Lipinski definition) is 5. The van der Waals surface area contributed by atoms with Crippen molar-refractivity contribution in [2.45, 2.75) is 33.1 Å². The van der Waals surface area contributed by atoms with Gasteiger partial charge in [0, 0.05) is 0 Å². The van der Waals surface area contributed by atoms with Gasteiger partial charge in [-0.1, -0.05) is 38.5 Å². The molecule has 0 bridgehead atoms. The van der Waals surface area contributed by atoms with Crippen LogP contribution in [0, 0.1) is 48.7 Å². The van der Waals surface area contributed by atoms with Crippen LogP contribution in [0.3, 0.4) is 0 Å². The van der Waals surface area contributed by atoms with Crippen molar-refractivity contribution < 1.29 is 66.1 Å². The van der Waals surface area contributed by atoms with Crippen molar-refractivity contribution in [2.75, 3.05) is 0 Å². The third kappa shape index (κ3) is 10.4. The molecule has 18 heavy (non-hydrogen) atoms. The Morgan fingerprint density at radius 2 is 1.56 bits per heavy atom. The molecule has 0 atom stereocenters. The van der Waals surface area contributed by atoms with Crippen LogP contribution in [0.4, 0.5) is 0 Å². The standard InChI is InChI=1S/C11H16O.Ce.H3O4P/c1-8-5-6-10(12)9(7-8)11(2,3)4;;1-5(2,3)4/h5-7,12H,1-4H3;;(H3,1,2,3,4)/q;+3;/p-3. The van der Waals surface area contributed by atoms with Crippen LogP contribution in [-0.4, -0.2) is 5.11 Å². The van der Waals surface area contributed by atoms with Gasteiger partial charge < -0.3 is 24.4 Å². The molecule has 0 aliphatic carbocycles. The van der Waals surface area contributed by atoms with E-state index in [0.717, 1.165) is 5.56 Å². The van der Waals surface area contributed by atoms with Crippen molar-refractivity contribution in [1.29, 1.82) is 0 Å². The van der Waals surface area contributed by atoms with Gasteiger partial charge in [-0.05, 0) is 24.0 Å². The maximum absolute atomic E-state index is 9.57. The van der Waals surface area contributed by atoms with Crippen LogP contribution in [0.15, 0.2) is 18.2 Å². The molecule has 0 unspecified atom stereocenters. The van der Waals surface area contributed by atoms with Crippen LogP contribution < -0.4 is 14.7 Å². The van der Waals surface area contributed by atoms with Gasteiger partial charge in [0.05, 0.1) is 0 Å². The van der Waals surface area contributed by atoms with Crippen LogP contribution in [0.1, 0.15) is 31.9 Å². The molecule has 0 saturated heterocycles. The summed E-state index contributed by atoms with van der Waals surface area (Å²) in [4.78, 5) is 25.6. The molecule has 99 valence electrons. The second-order valence-corrected chi connectivity index (χ2v) is 5.61. The third-order valence-corrected chi connectivity index (χ3v) is 1.96. The molecule has 1 N–H and O–H groups in total. The predicted molar refractivity (Wildman–Crippen MR) is 59.2 cm³/mol. The summed E-state index contributed by atoms with van der Waals surface area (Å²) in [5, 5.41) is 9.57. The molecular formula is C11H16CeO5P. The van der Waals surface area contributed by atoms with E-state index in [2.05, 4.69) is 20.8 Å². The zero-order valence-electron chi connectivity index (χ0n) is 10.8. The molecular weight excluding hydrogens is 383 g/mol. The molecule has 1 aromatic carbocycles. The number of phenols is 1. The van der Waals surface area contributed by atoms with Crippen molar-refractivity contribution in [1.82, 2.24) is 0 Å². The normalized spacial score (nSPS) is 11.1. The van der Waals surface area contributed by atoms with Crippen molar-refractivity contribution in [3.05, 3.63) is 29.3 Å². The van der Waals surface area contributed by atoms with Crippen LogP contribution in [-0.2, 0) is 9.98 Å². The molecule has 0 amide bonds. The van der Waals surface area contributed by atoms with E-state index in [9.17, 15) is 5.11 Å². The van der Waals surface area contributed by atoms with Crippen LogP contribution >= 0.6 is 7.82 Å². The van der Waals surface area contributed by atoms with E-state index < -0.39 is 7.82 Å². The molecule has 0 spiro atoms. The van der Waals surface area contributed by atoms with E-state index in [-0.39, 0.29) is 47.2 Å². The number of aryl methyl sites for hydroxylation is 1. The Kier molecular flexibility index (Phi) is 9.19. The zero-order valence-corrected chi connectivity index (χ0v) is 14.8. The Bertz CT molecular complexity index is 414. The Balaban J connectivity index is 0. The van der Waals surface area contributed by atoms with E-state index in [1.165, 1.54) is 5.56 Å². The SMILES string of the molecule is Cc1ccc(O)c(C(C)(C)C)c1.O=P([O-])([O-])[O-].[Ce+3]. The van der Waals surface area contributed by atoms with E-state index in [1.54, 1.807) is 6.07 Å². The van der Waals surface area contributed by atoms with Crippen molar-refractivity contribution in [3.8, 4) is 5.75 Å². The maximum Gasteiger partial charge on any atom is 3.00 e. The van der Waals surface area contributed by atoms with Gasteiger partial charge in [0.25, 0.3) is 0 Å². The minimum absolute atomic E-state index is 0. The summed E-state index contributed by atoms with van der Waals surface area (Å²) in [6, 6.07) is 5.72. The number of aromatic hydroxyl groups is 1. The maximum atomic E-state index is 9.57. The summed E-state index contributed by atoms with van der Waals surface area (Å²) in [5.74, 6) is 0.396. The first-order chi connectivity index (χ1) is 7.41. The molecule has 7 heteroatoms. The average Bonchev–Trinajstić information content (AvgIpc) is 2.04. The predicted octanol–water partition coefficient (Wildman–Crippen LogP) is 0.174. The van der Waals surface area contributed by atoms with Crippen molar-refractivity contribution in [2.24, 2.45) is 0 Å². The van der Waals surface area contributed by atoms with E-state index >= 15 is 0 Å². The van der Waals surface area contributed by atoms with E-state index in [0.29, 0.717) is 5.75 Å². The fourth-order valence-electron chi connectivity index (χ4n) is 1.25. The van der Waals surface area contributed by atoms with Crippen LogP contribution in [0.25, 0.3) is 0 Å². The summed E-state index contributed by atoms with van der Waals surface area (Å²) < 4.78 is 8.55. The molecule has 1 aromatic rings. The van der Waals surface area contributed by atoms with Gasteiger partial charge in [-0.3, -0.25) is 0 Å². The summed E-state index contributed by atoms with van der Waals surface area (Å²) in [7, 11) is -5.39. The Morgan fingerprint density at radius 1 is 1.17 bits per heavy atom. The first-order valence-electron chi connectivity index (χ1n) is 4.94. The third-order valence-electron chi connectivity index (χ3n) is 1.96. The smallest absolute Gasteiger partial charge is 0.822 e. The number of benzene rings is 1. The average molecular weight is 399 g/mol. The number of rotatable bonds is 0. The number of hydrogen-bond donors (Lipinski definition) is 1.